The summed E-state index contributed by atoms with van der Waals surface area (Å²) in [5.41, 5.74) is 0.937. The number of rotatable bonds is 6. The van der Waals surface area contributed by atoms with Gasteiger partial charge in [0.1, 0.15) is 0 Å². The highest BCUT2D eigenvalue weighted by molar-refractivity contribution is 5.95. The van der Waals surface area contributed by atoms with Gasteiger partial charge in [0.15, 0.2) is 0 Å². The third kappa shape index (κ3) is 5.36. The van der Waals surface area contributed by atoms with Crippen molar-refractivity contribution in [2.24, 2.45) is 4.99 Å². The number of benzene rings is 2. The fourth-order valence-electron chi connectivity index (χ4n) is 4.42. The first-order valence-electron chi connectivity index (χ1n) is 11.6. The van der Waals surface area contributed by atoms with Gasteiger partial charge in [0.2, 0.25) is 11.5 Å². The molecular formula is C25H27F3N4O4. The van der Waals surface area contributed by atoms with Crippen LogP contribution in [0.1, 0.15) is 46.7 Å². The Morgan fingerprint density at radius 1 is 1.25 bits per heavy atom. The topological polar surface area (TPSA) is 111 Å². The molecule has 1 aliphatic heterocycles. The van der Waals surface area contributed by atoms with Crippen molar-refractivity contribution in [3.63, 3.8) is 0 Å². The molecule has 36 heavy (non-hydrogen) atoms. The van der Waals surface area contributed by atoms with Crippen molar-refractivity contribution in [2.75, 3.05) is 20.2 Å². The lowest BCUT2D eigenvalue weighted by molar-refractivity contribution is -0.137. The smallest absolute Gasteiger partial charge is 0.394 e. The summed E-state index contributed by atoms with van der Waals surface area (Å²) in [6, 6.07) is 9.44. The fraction of sp³-hybridized carbons (Fsp3) is 0.400. The van der Waals surface area contributed by atoms with Gasteiger partial charge in [-0.25, -0.2) is 0 Å². The molecule has 1 aliphatic rings. The second-order valence-corrected chi connectivity index (χ2v) is 8.95. The van der Waals surface area contributed by atoms with Crippen LogP contribution in [0.4, 0.5) is 13.2 Å². The van der Waals surface area contributed by atoms with Crippen LogP contribution in [0.15, 0.2) is 47.5 Å². The van der Waals surface area contributed by atoms with E-state index in [9.17, 15) is 33.0 Å². The highest BCUT2D eigenvalue weighted by Gasteiger charge is 2.31. The van der Waals surface area contributed by atoms with Crippen molar-refractivity contribution >= 4 is 22.8 Å². The number of hydrogen-bond acceptors (Lipinski definition) is 4. The van der Waals surface area contributed by atoms with E-state index in [0.29, 0.717) is 24.0 Å². The number of H-pyrrole nitrogens is 1. The maximum atomic E-state index is 13.1. The zero-order chi connectivity index (χ0) is 26.0. The highest BCUT2D eigenvalue weighted by atomic mass is 19.4. The molecule has 0 bridgehead atoms. The Morgan fingerprint density at radius 3 is 2.75 bits per heavy atom. The summed E-state index contributed by atoms with van der Waals surface area (Å²) in [5.74, 6) is -1.14. The second-order valence-electron chi connectivity index (χ2n) is 8.95. The maximum Gasteiger partial charge on any atom is 0.416 e. The van der Waals surface area contributed by atoms with Crippen molar-refractivity contribution < 1.29 is 33.0 Å². The molecule has 2 heterocycles. The molecule has 8 nitrogen and oxygen atoms in total. The first-order chi connectivity index (χ1) is 17.1. The average molecular weight is 505 g/mol. The second kappa shape index (κ2) is 10.3. The number of fused-ring (bicyclic) bond motifs is 1. The van der Waals surface area contributed by atoms with E-state index in [1.54, 1.807) is 22.6 Å². The average Bonchev–Trinajstić information content (AvgIpc) is 3.19. The molecule has 0 saturated carbocycles. The molecule has 11 heteroatoms. The lowest BCUT2D eigenvalue weighted by Crippen LogP contribution is -2.36. The molecule has 1 saturated heterocycles. The van der Waals surface area contributed by atoms with Crippen molar-refractivity contribution in [1.29, 1.82) is 0 Å². The first-order valence-corrected chi connectivity index (χ1v) is 11.6. The minimum atomic E-state index is -4.60. The summed E-state index contributed by atoms with van der Waals surface area (Å²) in [4.78, 5) is 34.2. The largest absolute Gasteiger partial charge is 0.416 e. The number of aliphatic hydroxyl groups excluding tert-OH is 2. The van der Waals surface area contributed by atoms with E-state index >= 15 is 0 Å². The molecule has 0 aliphatic carbocycles. The lowest BCUT2D eigenvalue weighted by Gasteiger charge is -2.29. The number of alkyl halides is 3. The van der Waals surface area contributed by atoms with Gasteiger partial charge >= 0.3 is 6.18 Å². The third-order valence-electron chi connectivity index (χ3n) is 6.42. The number of carbonyl (C=O) groups is 2. The molecule has 3 aromatic rings. The van der Waals surface area contributed by atoms with E-state index in [2.05, 4.69) is 9.98 Å². The zero-order valence-corrected chi connectivity index (χ0v) is 19.6. The molecule has 0 radical (unpaired) electrons. The zero-order valence-electron chi connectivity index (χ0n) is 19.6. The Morgan fingerprint density at radius 2 is 2.03 bits per heavy atom. The Bertz CT molecular complexity index is 1350. The number of aliphatic hydroxyl groups is 2. The molecule has 0 unspecified atom stereocenters. The molecule has 4 rings (SSSR count). The maximum absolute atomic E-state index is 13.1. The van der Waals surface area contributed by atoms with Gasteiger partial charge in [0.25, 0.3) is 5.91 Å². The molecule has 3 N–H and O–H groups in total. The predicted octanol–water partition coefficient (Wildman–Crippen LogP) is 2.81. The van der Waals surface area contributed by atoms with Crippen molar-refractivity contribution in [1.82, 2.24) is 14.5 Å². The molecule has 1 aromatic heterocycles. The Balaban J connectivity index is 1.76. The number of carbonyl (C=O) groups excluding carboxylic acids is 2. The Hall–Kier alpha value is -3.44. The Kier molecular flexibility index (Phi) is 7.32. The summed E-state index contributed by atoms with van der Waals surface area (Å²) in [6.07, 6.45) is -3.85. The highest BCUT2D eigenvalue weighted by Crippen LogP contribution is 2.30. The van der Waals surface area contributed by atoms with Gasteiger partial charge in [-0.3, -0.25) is 9.59 Å². The predicted molar refractivity (Wildman–Crippen MR) is 125 cm³/mol. The number of hydrogen-bond donors (Lipinski definition) is 3. The van der Waals surface area contributed by atoms with Crippen molar-refractivity contribution in [3.8, 4) is 0 Å². The molecule has 192 valence electrons. The van der Waals surface area contributed by atoms with Gasteiger partial charge in [-0.1, -0.05) is 12.1 Å². The van der Waals surface area contributed by atoms with Crippen LogP contribution in [0.3, 0.4) is 0 Å². The Labute approximate surface area is 204 Å². The van der Waals surface area contributed by atoms with E-state index < -0.39 is 30.4 Å². The number of aromatic nitrogens is 2. The van der Waals surface area contributed by atoms with Crippen LogP contribution in [0, 0.1) is 0 Å². The van der Waals surface area contributed by atoms with E-state index in [0.717, 1.165) is 30.2 Å². The van der Waals surface area contributed by atoms with Crippen LogP contribution >= 0.6 is 0 Å². The van der Waals surface area contributed by atoms with E-state index in [-0.39, 0.29) is 36.0 Å². The van der Waals surface area contributed by atoms with Crippen LogP contribution in [0.2, 0.25) is 0 Å². The van der Waals surface area contributed by atoms with Crippen LogP contribution in [0.25, 0.3) is 11.0 Å². The van der Waals surface area contributed by atoms with E-state index in [4.69, 9.17) is 0 Å². The number of piperidine rings is 1. The molecule has 2 aromatic carbocycles. The normalized spacial score (nSPS) is 18.2. The van der Waals surface area contributed by atoms with Crippen LogP contribution < -0.4 is 5.62 Å². The number of nitrogens with one attached hydrogen (secondary N) is 1. The number of likely N-dealkylation sites (tertiary alicyclic amines) is 1. The SMILES string of the molecule is CN1CCC[C@H](c2ccc3c(c2)[nH]/c(=N\C(=O)c2cccc(C(F)(F)F)c2)n3CC[C@@H](O)CO)C1=O. The number of amides is 2. The molecule has 2 amide bonds. The summed E-state index contributed by atoms with van der Waals surface area (Å²) in [7, 11) is 1.76. The number of aryl methyl sites for hydroxylation is 1. The van der Waals surface area contributed by atoms with Crippen molar-refractivity contribution in [3.05, 3.63) is 64.8 Å². The van der Waals surface area contributed by atoms with Crippen LogP contribution in [-0.2, 0) is 17.5 Å². The first kappa shape index (κ1) is 25.6. The number of likely N-dealkylation sites (N-methyl/N-ethyl adjacent to an activating group) is 1. The number of aromatic amines is 1. The molecule has 0 spiro atoms. The number of nitrogens with zero attached hydrogens (tertiary/aromatic N) is 3. The van der Waals surface area contributed by atoms with Crippen LogP contribution in [-0.4, -0.2) is 62.8 Å². The minimum Gasteiger partial charge on any atom is -0.394 e. The van der Waals surface area contributed by atoms with Crippen LogP contribution in [0.5, 0.6) is 0 Å². The van der Waals surface area contributed by atoms with Gasteiger partial charge in [-0.05, 0) is 55.2 Å². The van der Waals surface area contributed by atoms with Crippen molar-refractivity contribution in [2.45, 2.75) is 44.0 Å². The molecule has 1 fully saturated rings. The van der Waals surface area contributed by atoms with Gasteiger partial charge in [-0.2, -0.15) is 18.2 Å². The molecular weight excluding hydrogens is 477 g/mol. The summed E-state index contributed by atoms with van der Waals surface area (Å²) >= 11 is 0. The standard InChI is InChI=1S/C25H27F3N4O4/c1-31-10-3-6-19(23(31)36)15-7-8-21-20(13-15)29-24(32(21)11-9-18(34)14-33)30-22(35)16-4-2-5-17(12-16)25(26,27)28/h2,4-5,7-8,12-13,18-19,33-34H,3,6,9-11,14H2,1H3,(H,29,30,35)/t18-,19-/m1/s1. The van der Waals surface area contributed by atoms with Gasteiger partial charge in [-0.15, -0.1) is 0 Å². The quantitative estimate of drug-likeness (QED) is 0.480. The third-order valence-corrected chi connectivity index (χ3v) is 6.42. The van der Waals surface area contributed by atoms with E-state index in [1.165, 1.54) is 6.07 Å². The number of halogens is 3. The molecule has 2 atom stereocenters. The summed E-state index contributed by atoms with van der Waals surface area (Å²) in [5, 5.41) is 19.0. The summed E-state index contributed by atoms with van der Waals surface area (Å²) in [6.45, 7) is 0.439. The van der Waals surface area contributed by atoms with Gasteiger partial charge in [0.05, 0.1) is 35.2 Å². The lowest BCUT2D eigenvalue weighted by atomic mass is 9.90. The van der Waals surface area contributed by atoms with Gasteiger partial charge in [0, 0.05) is 25.7 Å². The monoisotopic (exact) mass is 504 g/mol. The van der Waals surface area contributed by atoms with Gasteiger partial charge < -0.3 is 24.7 Å². The summed E-state index contributed by atoms with van der Waals surface area (Å²) < 4.78 is 40.9. The van der Waals surface area contributed by atoms with E-state index in [1.807, 2.05) is 12.1 Å². The fourth-order valence-corrected chi connectivity index (χ4v) is 4.42. The minimum absolute atomic E-state index is 0.0238. The number of imidazole rings is 1.